The fourth-order valence-corrected chi connectivity index (χ4v) is 1.39. The average Bonchev–Trinajstić information content (AvgIpc) is 2.23. The van der Waals surface area contributed by atoms with E-state index < -0.39 is 17.6 Å². The van der Waals surface area contributed by atoms with E-state index in [2.05, 4.69) is 5.32 Å². The molecule has 0 aliphatic rings. The highest BCUT2D eigenvalue weighted by molar-refractivity contribution is 5.85. The SMILES string of the molecule is CCCOCC(=O)N[C@H](C(=O)OC(C)(C)C)C(C)C. The number of nitrogens with one attached hydrogen (secondary N) is 1. The minimum Gasteiger partial charge on any atom is -0.458 e. The maximum Gasteiger partial charge on any atom is 0.329 e. The second kappa shape index (κ2) is 8.15. The highest BCUT2D eigenvalue weighted by Crippen LogP contribution is 2.12. The van der Waals surface area contributed by atoms with Crippen LogP contribution in [0.5, 0.6) is 0 Å². The smallest absolute Gasteiger partial charge is 0.329 e. The van der Waals surface area contributed by atoms with Crippen molar-refractivity contribution in [3.05, 3.63) is 0 Å². The Morgan fingerprint density at radius 3 is 2.21 bits per heavy atom. The molecule has 0 heterocycles. The summed E-state index contributed by atoms with van der Waals surface area (Å²) in [6.45, 7) is 11.6. The number of carbonyl (C=O) groups is 2. The fraction of sp³-hybridized carbons (Fsp3) is 0.857. The molecule has 0 bridgehead atoms. The standard InChI is InChI=1S/C14H27NO4/c1-7-8-18-9-11(16)15-12(10(2)3)13(17)19-14(4,5)6/h10,12H,7-9H2,1-6H3,(H,15,16)/t12-/m0/s1. The van der Waals surface area contributed by atoms with Gasteiger partial charge in [0.2, 0.25) is 5.91 Å². The van der Waals surface area contributed by atoms with Crippen LogP contribution in [0.1, 0.15) is 48.0 Å². The molecule has 0 aromatic heterocycles. The Morgan fingerprint density at radius 1 is 1.21 bits per heavy atom. The maximum absolute atomic E-state index is 12.0. The van der Waals surface area contributed by atoms with Crippen molar-refractivity contribution in [2.24, 2.45) is 5.92 Å². The van der Waals surface area contributed by atoms with Crippen LogP contribution in [0.15, 0.2) is 0 Å². The lowest BCUT2D eigenvalue weighted by molar-refractivity contribution is -0.160. The summed E-state index contributed by atoms with van der Waals surface area (Å²) < 4.78 is 10.4. The van der Waals surface area contributed by atoms with Crippen LogP contribution in [-0.4, -0.2) is 36.7 Å². The first-order valence-corrected chi connectivity index (χ1v) is 6.77. The first-order valence-electron chi connectivity index (χ1n) is 6.77. The van der Waals surface area contributed by atoms with Crippen molar-refractivity contribution in [3.8, 4) is 0 Å². The second-order valence-corrected chi connectivity index (χ2v) is 5.88. The van der Waals surface area contributed by atoms with Gasteiger partial charge in [0.15, 0.2) is 0 Å². The predicted molar refractivity (Wildman–Crippen MR) is 73.7 cm³/mol. The molecule has 0 aliphatic heterocycles. The summed E-state index contributed by atoms with van der Waals surface area (Å²) in [5.41, 5.74) is -0.562. The van der Waals surface area contributed by atoms with Crippen molar-refractivity contribution in [1.82, 2.24) is 5.32 Å². The molecule has 5 heteroatoms. The fourth-order valence-electron chi connectivity index (χ4n) is 1.39. The van der Waals surface area contributed by atoms with Gasteiger partial charge in [-0.3, -0.25) is 4.79 Å². The molecule has 0 unspecified atom stereocenters. The zero-order valence-corrected chi connectivity index (χ0v) is 12.9. The van der Waals surface area contributed by atoms with Crippen molar-refractivity contribution in [2.75, 3.05) is 13.2 Å². The monoisotopic (exact) mass is 273 g/mol. The normalized spacial score (nSPS) is 13.2. The van der Waals surface area contributed by atoms with E-state index in [1.807, 2.05) is 20.8 Å². The van der Waals surface area contributed by atoms with E-state index in [1.54, 1.807) is 20.8 Å². The summed E-state index contributed by atoms with van der Waals surface area (Å²) >= 11 is 0. The quantitative estimate of drug-likeness (QED) is 0.568. The number of amides is 1. The highest BCUT2D eigenvalue weighted by Gasteiger charge is 2.28. The third kappa shape index (κ3) is 8.59. The van der Waals surface area contributed by atoms with Crippen LogP contribution >= 0.6 is 0 Å². The minimum atomic E-state index is -0.642. The van der Waals surface area contributed by atoms with Gasteiger partial charge in [-0.2, -0.15) is 0 Å². The Morgan fingerprint density at radius 2 is 1.79 bits per heavy atom. The topological polar surface area (TPSA) is 64.6 Å². The molecule has 0 fully saturated rings. The predicted octanol–water partition coefficient (Wildman–Crippen LogP) is 1.90. The molecule has 1 amide bonds. The minimum absolute atomic E-state index is 0.0279. The van der Waals surface area contributed by atoms with E-state index in [0.717, 1.165) is 6.42 Å². The zero-order chi connectivity index (χ0) is 15.1. The lowest BCUT2D eigenvalue weighted by Crippen LogP contribution is -2.48. The lowest BCUT2D eigenvalue weighted by atomic mass is 10.0. The summed E-state index contributed by atoms with van der Waals surface area (Å²) in [4.78, 5) is 23.6. The first-order chi connectivity index (χ1) is 8.67. The maximum atomic E-state index is 12.0. The van der Waals surface area contributed by atoms with Gasteiger partial charge < -0.3 is 14.8 Å². The Labute approximate surface area is 116 Å². The molecule has 0 aromatic rings. The lowest BCUT2D eigenvalue weighted by Gasteiger charge is -2.26. The molecule has 0 saturated heterocycles. The number of carbonyl (C=O) groups excluding carboxylic acids is 2. The first kappa shape index (κ1) is 17.9. The van der Waals surface area contributed by atoms with E-state index >= 15 is 0 Å². The average molecular weight is 273 g/mol. The Bertz CT molecular complexity index is 294. The number of esters is 1. The van der Waals surface area contributed by atoms with Gasteiger partial charge in [0.05, 0.1) is 0 Å². The van der Waals surface area contributed by atoms with Crippen molar-refractivity contribution in [3.63, 3.8) is 0 Å². The third-order valence-electron chi connectivity index (χ3n) is 2.23. The van der Waals surface area contributed by atoms with Gasteiger partial charge in [-0.15, -0.1) is 0 Å². The summed E-state index contributed by atoms with van der Waals surface area (Å²) in [5.74, 6) is -0.741. The van der Waals surface area contributed by atoms with Crippen molar-refractivity contribution < 1.29 is 19.1 Å². The molecule has 0 saturated carbocycles. The molecular weight excluding hydrogens is 246 g/mol. The van der Waals surface area contributed by atoms with Crippen LogP contribution in [0.25, 0.3) is 0 Å². The summed E-state index contributed by atoms with van der Waals surface area (Å²) in [5, 5.41) is 2.66. The van der Waals surface area contributed by atoms with E-state index in [-0.39, 0.29) is 18.4 Å². The molecule has 19 heavy (non-hydrogen) atoms. The van der Waals surface area contributed by atoms with Crippen LogP contribution in [-0.2, 0) is 19.1 Å². The molecule has 0 spiro atoms. The van der Waals surface area contributed by atoms with E-state index in [1.165, 1.54) is 0 Å². The van der Waals surface area contributed by atoms with Gasteiger partial charge in [0, 0.05) is 6.61 Å². The van der Waals surface area contributed by atoms with Gasteiger partial charge >= 0.3 is 5.97 Å². The van der Waals surface area contributed by atoms with Crippen LogP contribution in [0.4, 0.5) is 0 Å². The molecule has 1 atom stereocenters. The molecule has 0 rings (SSSR count). The van der Waals surface area contributed by atoms with Crippen LogP contribution in [0, 0.1) is 5.92 Å². The van der Waals surface area contributed by atoms with Crippen LogP contribution < -0.4 is 5.32 Å². The van der Waals surface area contributed by atoms with E-state index in [0.29, 0.717) is 6.61 Å². The molecular formula is C14H27NO4. The van der Waals surface area contributed by atoms with Gasteiger partial charge in [-0.05, 0) is 33.1 Å². The Hall–Kier alpha value is -1.10. The van der Waals surface area contributed by atoms with Gasteiger partial charge in [-0.25, -0.2) is 4.79 Å². The number of ether oxygens (including phenoxy) is 2. The van der Waals surface area contributed by atoms with E-state index in [4.69, 9.17) is 9.47 Å². The number of hydrogen-bond donors (Lipinski definition) is 1. The van der Waals surface area contributed by atoms with Crippen LogP contribution in [0.3, 0.4) is 0 Å². The molecule has 1 N–H and O–H groups in total. The van der Waals surface area contributed by atoms with Crippen molar-refractivity contribution in [1.29, 1.82) is 0 Å². The Balaban J connectivity index is 4.41. The molecule has 0 aromatic carbocycles. The van der Waals surface area contributed by atoms with Crippen molar-refractivity contribution in [2.45, 2.75) is 59.6 Å². The summed E-state index contributed by atoms with van der Waals surface area (Å²) in [6, 6.07) is -0.642. The zero-order valence-electron chi connectivity index (χ0n) is 12.9. The van der Waals surface area contributed by atoms with Gasteiger partial charge in [-0.1, -0.05) is 20.8 Å². The number of hydrogen-bond acceptors (Lipinski definition) is 4. The van der Waals surface area contributed by atoms with Gasteiger partial charge in [0.1, 0.15) is 18.2 Å². The molecule has 5 nitrogen and oxygen atoms in total. The van der Waals surface area contributed by atoms with E-state index in [9.17, 15) is 9.59 Å². The third-order valence-corrected chi connectivity index (χ3v) is 2.23. The largest absolute Gasteiger partial charge is 0.458 e. The Kier molecular flexibility index (Phi) is 7.68. The summed E-state index contributed by atoms with van der Waals surface area (Å²) in [6.07, 6.45) is 0.854. The molecule has 0 aliphatic carbocycles. The summed E-state index contributed by atoms with van der Waals surface area (Å²) in [7, 11) is 0. The highest BCUT2D eigenvalue weighted by atomic mass is 16.6. The second-order valence-electron chi connectivity index (χ2n) is 5.88. The van der Waals surface area contributed by atoms with Crippen LogP contribution in [0.2, 0.25) is 0 Å². The van der Waals surface area contributed by atoms with Crippen molar-refractivity contribution >= 4 is 11.9 Å². The number of rotatable bonds is 7. The molecule has 112 valence electrons. The molecule has 0 radical (unpaired) electrons. The van der Waals surface area contributed by atoms with Gasteiger partial charge in [0.25, 0.3) is 0 Å².